The monoisotopic (exact) mass is 214 g/mol. The van der Waals surface area contributed by atoms with Gasteiger partial charge in [-0.1, -0.05) is 0 Å². The summed E-state index contributed by atoms with van der Waals surface area (Å²) < 4.78 is 0. The highest BCUT2D eigenvalue weighted by Crippen LogP contribution is 1.96. The van der Waals surface area contributed by atoms with Crippen LogP contribution in [0.3, 0.4) is 0 Å². The number of nitrogens with two attached hydrogens (primary N) is 1. The first-order valence-electron chi connectivity index (χ1n) is 4.47. The number of rotatable bonds is 7. The molecule has 0 aromatic rings. The molecule has 84 valence electrons. The molecule has 15 heavy (non-hydrogen) atoms. The number of carbonyl (C=O) groups is 3. The predicted molar refractivity (Wildman–Crippen MR) is 53.1 cm³/mol. The molecular weight excluding hydrogens is 200 g/mol. The van der Waals surface area contributed by atoms with Crippen LogP contribution in [0.2, 0.25) is 0 Å². The van der Waals surface area contributed by atoms with Crippen molar-refractivity contribution in [3.63, 3.8) is 0 Å². The van der Waals surface area contributed by atoms with Gasteiger partial charge in [-0.05, 0) is 25.5 Å². The first-order chi connectivity index (χ1) is 7.11. The Labute approximate surface area is 87.1 Å². The molecule has 0 aromatic heterocycles. The van der Waals surface area contributed by atoms with E-state index in [1.165, 1.54) is 0 Å². The van der Waals surface area contributed by atoms with Gasteiger partial charge in [-0.15, -0.1) is 0 Å². The van der Waals surface area contributed by atoms with E-state index in [1.807, 2.05) is 0 Å². The second kappa shape index (κ2) is 7.69. The highest BCUT2D eigenvalue weighted by atomic mass is 16.4. The summed E-state index contributed by atoms with van der Waals surface area (Å²) in [5, 5.41) is 11.0. The Morgan fingerprint density at radius 2 is 2.13 bits per heavy atom. The molecule has 0 unspecified atom stereocenters. The third kappa shape index (κ3) is 6.39. The number of allylic oxidation sites excluding steroid dienone is 1. The van der Waals surface area contributed by atoms with Crippen molar-refractivity contribution >= 4 is 18.2 Å². The highest BCUT2D eigenvalue weighted by molar-refractivity contribution is 5.93. The van der Waals surface area contributed by atoms with E-state index < -0.39 is 17.9 Å². The van der Waals surface area contributed by atoms with Crippen molar-refractivity contribution in [2.24, 2.45) is 5.73 Å². The number of aldehydes is 1. The molecule has 1 amide bonds. The summed E-state index contributed by atoms with van der Waals surface area (Å²) in [6, 6.07) is -0.961. The lowest BCUT2D eigenvalue weighted by atomic mass is 10.1. The molecule has 0 aliphatic rings. The fraction of sp³-hybridized carbons (Fsp3) is 0.444. The summed E-state index contributed by atoms with van der Waals surface area (Å²) >= 11 is 0. The summed E-state index contributed by atoms with van der Waals surface area (Å²) in [6.45, 7) is 0.365. The summed E-state index contributed by atoms with van der Waals surface area (Å²) in [5.74, 6) is -1.72. The molecule has 6 nitrogen and oxygen atoms in total. The number of carboxylic acids is 1. The van der Waals surface area contributed by atoms with Crippen molar-refractivity contribution in [1.29, 1.82) is 0 Å². The van der Waals surface area contributed by atoms with Gasteiger partial charge in [0.15, 0.2) is 0 Å². The Balaban J connectivity index is 4.15. The van der Waals surface area contributed by atoms with E-state index in [1.54, 1.807) is 0 Å². The number of nitrogens with one attached hydrogen (secondary N) is 1. The van der Waals surface area contributed by atoms with Crippen LogP contribution in [0.4, 0.5) is 0 Å². The van der Waals surface area contributed by atoms with Gasteiger partial charge in [0.05, 0.1) is 0 Å². The van der Waals surface area contributed by atoms with Crippen molar-refractivity contribution in [3.8, 4) is 0 Å². The lowest BCUT2D eigenvalue weighted by Crippen LogP contribution is -2.40. The van der Waals surface area contributed by atoms with Crippen LogP contribution in [0.25, 0.3) is 0 Å². The van der Waals surface area contributed by atoms with Crippen molar-refractivity contribution in [2.45, 2.75) is 18.9 Å². The number of amides is 1. The Morgan fingerprint density at radius 3 is 2.60 bits per heavy atom. The lowest BCUT2D eigenvalue weighted by Gasteiger charge is -2.12. The lowest BCUT2D eigenvalue weighted by molar-refractivity contribution is -0.141. The largest absolute Gasteiger partial charge is 0.480 e. The zero-order valence-electron chi connectivity index (χ0n) is 8.18. The third-order valence-electron chi connectivity index (χ3n) is 1.64. The van der Waals surface area contributed by atoms with Crippen molar-refractivity contribution in [2.75, 3.05) is 6.54 Å². The maximum Gasteiger partial charge on any atom is 0.326 e. The Bertz CT molecular complexity index is 263. The van der Waals surface area contributed by atoms with E-state index >= 15 is 0 Å². The van der Waals surface area contributed by atoms with Gasteiger partial charge in [0.1, 0.15) is 12.3 Å². The summed E-state index contributed by atoms with van der Waals surface area (Å²) in [5.41, 5.74) is 5.22. The fourth-order valence-corrected chi connectivity index (χ4v) is 0.926. The van der Waals surface area contributed by atoms with E-state index in [0.29, 0.717) is 19.3 Å². The smallest absolute Gasteiger partial charge is 0.326 e. The number of hydrogen-bond donors (Lipinski definition) is 3. The number of aliphatic carboxylic acids is 1. The molecular formula is C9H14N2O4. The van der Waals surface area contributed by atoms with Gasteiger partial charge in [-0.3, -0.25) is 9.59 Å². The topological polar surface area (TPSA) is 109 Å². The van der Waals surface area contributed by atoms with Gasteiger partial charge < -0.3 is 16.2 Å². The first kappa shape index (κ1) is 13.3. The summed E-state index contributed by atoms with van der Waals surface area (Å²) in [4.78, 5) is 31.6. The second-order valence-corrected chi connectivity index (χ2v) is 2.83. The molecule has 0 fully saturated rings. The molecule has 0 rings (SSSR count). The average molecular weight is 214 g/mol. The van der Waals surface area contributed by atoms with Crippen LogP contribution in [0.5, 0.6) is 0 Å². The van der Waals surface area contributed by atoms with Gasteiger partial charge >= 0.3 is 5.97 Å². The van der Waals surface area contributed by atoms with Crippen molar-refractivity contribution < 1.29 is 19.5 Å². The predicted octanol–water partition coefficient (Wildman–Crippen LogP) is -0.950. The standard InChI is InChI=1S/C9H14N2O4/c10-5-1-3-7(9(14)15)11-8(13)4-2-6-12/h2,4,6-7H,1,3,5,10H2,(H,11,13)(H,14,15)/b4-2+/t7-/m1/s1. The normalized spacial score (nSPS) is 12.3. The maximum atomic E-state index is 11.0. The van der Waals surface area contributed by atoms with Crippen LogP contribution < -0.4 is 11.1 Å². The van der Waals surface area contributed by atoms with Gasteiger partial charge in [0.2, 0.25) is 5.91 Å². The van der Waals surface area contributed by atoms with Crippen LogP contribution in [0.15, 0.2) is 12.2 Å². The van der Waals surface area contributed by atoms with Crippen LogP contribution in [-0.2, 0) is 14.4 Å². The average Bonchev–Trinajstić information content (AvgIpc) is 2.20. The molecule has 0 radical (unpaired) electrons. The summed E-state index contributed by atoms with van der Waals surface area (Å²) in [7, 11) is 0. The zero-order valence-corrected chi connectivity index (χ0v) is 8.18. The molecule has 0 aliphatic heterocycles. The number of carboxylic acid groups (broad SMARTS) is 1. The van der Waals surface area contributed by atoms with E-state index in [4.69, 9.17) is 10.8 Å². The molecule has 0 saturated carbocycles. The molecule has 1 atom stereocenters. The van der Waals surface area contributed by atoms with Gasteiger partial charge in [-0.25, -0.2) is 4.79 Å². The third-order valence-corrected chi connectivity index (χ3v) is 1.64. The molecule has 0 heterocycles. The second-order valence-electron chi connectivity index (χ2n) is 2.83. The molecule has 0 spiro atoms. The Kier molecular flexibility index (Phi) is 6.82. The van der Waals surface area contributed by atoms with Crippen LogP contribution in [-0.4, -0.2) is 35.9 Å². The first-order valence-corrected chi connectivity index (χ1v) is 4.47. The van der Waals surface area contributed by atoms with Gasteiger partial charge in [0, 0.05) is 6.08 Å². The molecule has 4 N–H and O–H groups in total. The molecule has 6 heteroatoms. The SMILES string of the molecule is NCCC[C@@H](NC(=O)/C=C/C=O)C(=O)O. The van der Waals surface area contributed by atoms with Crippen LogP contribution in [0.1, 0.15) is 12.8 Å². The van der Waals surface area contributed by atoms with E-state index in [-0.39, 0.29) is 6.42 Å². The minimum Gasteiger partial charge on any atom is -0.480 e. The molecule has 0 saturated heterocycles. The maximum absolute atomic E-state index is 11.0. The van der Waals surface area contributed by atoms with Crippen LogP contribution >= 0.6 is 0 Å². The van der Waals surface area contributed by atoms with Crippen LogP contribution in [0, 0.1) is 0 Å². The van der Waals surface area contributed by atoms with Gasteiger partial charge in [-0.2, -0.15) is 0 Å². The minimum atomic E-state index is -1.11. The van der Waals surface area contributed by atoms with Crippen molar-refractivity contribution in [3.05, 3.63) is 12.2 Å². The zero-order chi connectivity index (χ0) is 11.7. The van der Waals surface area contributed by atoms with E-state index in [0.717, 1.165) is 12.2 Å². The summed E-state index contributed by atoms with van der Waals surface area (Å²) in [6.07, 6.45) is 3.19. The Hall–Kier alpha value is -1.69. The number of carbonyl (C=O) groups excluding carboxylic acids is 2. The fourth-order valence-electron chi connectivity index (χ4n) is 0.926. The molecule has 0 aliphatic carbocycles. The van der Waals surface area contributed by atoms with E-state index in [9.17, 15) is 14.4 Å². The van der Waals surface area contributed by atoms with Gasteiger partial charge in [0.25, 0.3) is 0 Å². The Morgan fingerprint density at radius 1 is 1.47 bits per heavy atom. The van der Waals surface area contributed by atoms with Crippen molar-refractivity contribution in [1.82, 2.24) is 5.32 Å². The minimum absolute atomic E-state index is 0.270. The highest BCUT2D eigenvalue weighted by Gasteiger charge is 2.17. The van der Waals surface area contributed by atoms with E-state index in [2.05, 4.69) is 5.32 Å². The quantitative estimate of drug-likeness (QED) is 0.374. The molecule has 0 bridgehead atoms. The molecule has 0 aromatic carbocycles. The number of hydrogen-bond acceptors (Lipinski definition) is 4.